The van der Waals surface area contributed by atoms with Crippen LogP contribution >= 0.6 is 0 Å². The Hall–Kier alpha value is -3.51. The molecule has 2 aromatic carbocycles. The fraction of sp³-hybridized carbons (Fsp3) is 0.333. The monoisotopic (exact) mass is 481 g/mol. The minimum atomic E-state index is -4.05. The van der Waals surface area contributed by atoms with Crippen molar-refractivity contribution in [1.29, 1.82) is 0 Å². The summed E-state index contributed by atoms with van der Waals surface area (Å²) in [5.74, 6) is 1.00. The summed E-state index contributed by atoms with van der Waals surface area (Å²) in [6.45, 7) is -0.483. The second-order valence-electron chi connectivity index (χ2n) is 6.49. The number of ether oxygens (including phenoxy) is 5. The highest BCUT2D eigenvalue weighted by Crippen LogP contribution is 2.39. The SMILES string of the molecule is COc1ccc(OC)c(S(=O)(=O)N(C)CC(=O)NN=Cc2ccc(OC)c(OC)c2OC)c1. The molecule has 0 aromatic heterocycles. The molecule has 33 heavy (non-hydrogen) atoms. The maximum Gasteiger partial charge on any atom is 0.255 e. The van der Waals surface area contributed by atoms with Gasteiger partial charge in [0.2, 0.25) is 15.8 Å². The maximum absolute atomic E-state index is 13.0. The van der Waals surface area contributed by atoms with Crippen LogP contribution in [0.4, 0.5) is 0 Å². The van der Waals surface area contributed by atoms with Gasteiger partial charge in [-0.2, -0.15) is 9.41 Å². The van der Waals surface area contributed by atoms with Crippen molar-refractivity contribution in [1.82, 2.24) is 9.73 Å². The molecule has 1 amide bonds. The number of hydrazone groups is 1. The fourth-order valence-corrected chi connectivity index (χ4v) is 4.17. The summed E-state index contributed by atoms with van der Waals surface area (Å²) in [5, 5.41) is 3.88. The van der Waals surface area contributed by atoms with E-state index in [1.165, 1.54) is 60.9 Å². The Labute approximate surface area is 192 Å². The number of nitrogens with zero attached hydrogens (tertiary/aromatic N) is 2. The third kappa shape index (κ3) is 5.84. The van der Waals surface area contributed by atoms with E-state index in [1.54, 1.807) is 18.2 Å². The number of carbonyl (C=O) groups is 1. The number of rotatable bonds is 11. The second-order valence-corrected chi connectivity index (χ2v) is 8.51. The van der Waals surface area contributed by atoms with E-state index < -0.39 is 22.5 Å². The quantitative estimate of drug-likeness (QED) is 0.378. The molecular formula is C21H27N3O8S. The molecule has 2 rings (SSSR count). The van der Waals surface area contributed by atoms with Crippen LogP contribution in [0.15, 0.2) is 40.3 Å². The number of amides is 1. The van der Waals surface area contributed by atoms with E-state index in [2.05, 4.69) is 10.5 Å². The molecule has 0 aliphatic heterocycles. The normalized spacial score (nSPS) is 11.4. The lowest BCUT2D eigenvalue weighted by atomic mass is 10.2. The number of hydrogen-bond donors (Lipinski definition) is 1. The Bertz CT molecular complexity index is 1120. The van der Waals surface area contributed by atoms with E-state index in [9.17, 15) is 13.2 Å². The number of benzene rings is 2. The lowest BCUT2D eigenvalue weighted by Gasteiger charge is -2.18. The van der Waals surface area contributed by atoms with E-state index in [0.29, 0.717) is 28.6 Å². The molecule has 180 valence electrons. The van der Waals surface area contributed by atoms with Crippen molar-refractivity contribution in [3.63, 3.8) is 0 Å². The lowest BCUT2D eigenvalue weighted by molar-refractivity contribution is -0.121. The molecule has 0 aliphatic carbocycles. The molecule has 0 saturated heterocycles. The van der Waals surface area contributed by atoms with Crippen molar-refractivity contribution < 1.29 is 36.9 Å². The van der Waals surface area contributed by atoms with Gasteiger partial charge in [-0.3, -0.25) is 4.79 Å². The molecule has 0 bridgehead atoms. The van der Waals surface area contributed by atoms with E-state index in [4.69, 9.17) is 23.7 Å². The van der Waals surface area contributed by atoms with Crippen LogP contribution in [0.3, 0.4) is 0 Å². The predicted molar refractivity (Wildman–Crippen MR) is 121 cm³/mol. The molecule has 1 N–H and O–H groups in total. The minimum absolute atomic E-state index is 0.127. The summed E-state index contributed by atoms with van der Waals surface area (Å²) in [5.41, 5.74) is 2.81. The first kappa shape index (κ1) is 25.7. The Balaban J connectivity index is 2.15. The predicted octanol–water partition coefficient (Wildman–Crippen LogP) is 1.50. The van der Waals surface area contributed by atoms with Gasteiger partial charge in [0.05, 0.1) is 48.3 Å². The molecule has 0 fully saturated rings. The number of hydrogen-bond acceptors (Lipinski definition) is 9. The zero-order chi connectivity index (χ0) is 24.6. The third-order valence-corrected chi connectivity index (χ3v) is 6.38. The highest BCUT2D eigenvalue weighted by molar-refractivity contribution is 7.89. The summed E-state index contributed by atoms with van der Waals surface area (Å²) >= 11 is 0. The smallest absolute Gasteiger partial charge is 0.255 e. The van der Waals surface area contributed by atoms with Crippen LogP contribution in [0.5, 0.6) is 28.7 Å². The van der Waals surface area contributed by atoms with Gasteiger partial charge in [-0.15, -0.1) is 0 Å². The Morgan fingerprint density at radius 2 is 1.58 bits per heavy atom. The standard InChI is InChI=1S/C21H27N3O8S/c1-24(33(26,27)18-11-15(28-2)8-10-16(18)29-3)13-19(25)23-22-12-14-7-9-17(30-4)21(32-6)20(14)31-5/h7-12H,13H2,1-6H3,(H,23,25). The van der Waals surface area contributed by atoms with Crippen LogP contribution in [0.25, 0.3) is 0 Å². The van der Waals surface area contributed by atoms with Crippen LogP contribution in [-0.2, 0) is 14.8 Å². The number of nitrogens with one attached hydrogen (secondary N) is 1. The van der Waals surface area contributed by atoms with Gasteiger partial charge >= 0.3 is 0 Å². The van der Waals surface area contributed by atoms with Gasteiger partial charge in [0, 0.05) is 18.7 Å². The third-order valence-electron chi connectivity index (χ3n) is 4.55. The van der Waals surface area contributed by atoms with Crippen molar-refractivity contribution in [3.8, 4) is 28.7 Å². The minimum Gasteiger partial charge on any atom is -0.497 e. The van der Waals surface area contributed by atoms with E-state index in [0.717, 1.165) is 4.31 Å². The van der Waals surface area contributed by atoms with Gasteiger partial charge in [0.15, 0.2) is 11.5 Å². The first-order valence-corrected chi connectivity index (χ1v) is 11.0. The van der Waals surface area contributed by atoms with Crippen molar-refractivity contribution in [3.05, 3.63) is 35.9 Å². The number of sulfonamides is 1. The fourth-order valence-electron chi connectivity index (χ4n) is 2.88. The lowest BCUT2D eigenvalue weighted by Crippen LogP contribution is -2.36. The van der Waals surface area contributed by atoms with Crippen LogP contribution in [-0.4, -0.2) is 74.0 Å². The number of likely N-dealkylation sites (N-methyl/N-ethyl adjacent to an activating group) is 1. The van der Waals surface area contributed by atoms with Crippen molar-refractivity contribution >= 4 is 22.1 Å². The molecule has 0 saturated carbocycles. The molecule has 0 spiro atoms. The second kappa shape index (κ2) is 11.4. The van der Waals surface area contributed by atoms with Crippen molar-refractivity contribution in [2.45, 2.75) is 4.90 Å². The highest BCUT2D eigenvalue weighted by Gasteiger charge is 2.27. The zero-order valence-corrected chi connectivity index (χ0v) is 20.1. The summed E-state index contributed by atoms with van der Waals surface area (Å²) in [7, 11) is 4.42. The summed E-state index contributed by atoms with van der Waals surface area (Å²) in [6.07, 6.45) is 1.35. The zero-order valence-electron chi connectivity index (χ0n) is 19.2. The first-order chi connectivity index (χ1) is 15.7. The topological polar surface area (TPSA) is 125 Å². The molecule has 0 unspecified atom stereocenters. The molecule has 0 aliphatic rings. The molecule has 2 aromatic rings. The molecule has 0 heterocycles. The first-order valence-electron chi connectivity index (χ1n) is 9.52. The van der Waals surface area contributed by atoms with Crippen molar-refractivity contribution in [2.24, 2.45) is 5.10 Å². The highest BCUT2D eigenvalue weighted by atomic mass is 32.2. The van der Waals surface area contributed by atoms with Crippen LogP contribution < -0.4 is 29.1 Å². The molecule has 11 nitrogen and oxygen atoms in total. The van der Waals surface area contributed by atoms with Crippen LogP contribution in [0, 0.1) is 0 Å². The van der Waals surface area contributed by atoms with Gasteiger partial charge in [0.25, 0.3) is 5.91 Å². The van der Waals surface area contributed by atoms with E-state index in [-0.39, 0.29) is 10.6 Å². The van der Waals surface area contributed by atoms with Gasteiger partial charge in [-0.25, -0.2) is 13.8 Å². The number of methoxy groups -OCH3 is 5. The average Bonchev–Trinajstić information content (AvgIpc) is 2.82. The van der Waals surface area contributed by atoms with E-state index in [1.807, 2.05) is 0 Å². The largest absolute Gasteiger partial charge is 0.497 e. The van der Waals surface area contributed by atoms with Crippen LogP contribution in [0.2, 0.25) is 0 Å². The van der Waals surface area contributed by atoms with Gasteiger partial charge in [0.1, 0.15) is 16.4 Å². The summed E-state index contributed by atoms with van der Waals surface area (Å²) in [4.78, 5) is 12.2. The van der Waals surface area contributed by atoms with Gasteiger partial charge in [-0.05, 0) is 24.3 Å². The van der Waals surface area contributed by atoms with E-state index >= 15 is 0 Å². The molecule has 0 atom stereocenters. The number of carbonyl (C=O) groups excluding carboxylic acids is 1. The van der Waals surface area contributed by atoms with Crippen LogP contribution in [0.1, 0.15) is 5.56 Å². The Morgan fingerprint density at radius 1 is 0.939 bits per heavy atom. The Kier molecular flexibility index (Phi) is 8.88. The van der Waals surface area contributed by atoms with Gasteiger partial charge in [-0.1, -0.05) is 0 Å². The maximum atomic E-state index is 13.0. The van der Waals surface area contributed by atoms with Gasteiger partial charge < -0.3 is 23.7 Å². The average molecular weight is 482 g/mol. The molecule has 0 radical (unpaired) electrons. The summed E-state index contributed by atoms with van der Waals surface area (Å²) in [6, 6.07) is 7.69. The molecular weight excluding hydrogens is 454 g/mol. The van der Waals surface area contributed by atoms with Crippen molar-refractivity contribution in [2.75, 3.05) is 49.1 Å². The summed E-state index contributed by atoms with van der Waals surface area (Å²) < 4.78 is 52.9. The molecule has 12 heteroatoms. The Morgan fingerprint density at radius 3 is 2.15 bits per heavy atom.